The molecule has 1 amide bonds. The van der Waals surface area contributed by atoms with Gasteiger partial charge in [-0.05, 0) is 43.1 Å². The summed E-state index contributed by atoms with van der Waals surface area (Å²) < 4.78 is 0. The number of nitrogens with one attached hydrogen (secondary N) is 2. The standard InChI is InChI=1S/C14H18N2O3/c1-9-6-7-15-8-12(9)16-13(17)10-2-4-11(5-3-10)14(18)19/h2-5,9,12,15H,6-8H2,1H3,(H,16,17)(H,18,19). The topological polar surface area (TPSA) is 78.4 Å². The highest BCUT2D eigenvalue weighted by molar-refractivity contribution is 5.96. The maximum atomic E-state index is 12.1. The number of rotatable bonds is 3. The van der Waals surface area contributed by atoms with Gasteiger partial charge in [-0.1, -0.05) is 6.92 Å². The molecule has 1 aromatic rings. The van der Waals surface area contributed by atoms with E-state index in [-0.39, 0.29) is 17.5 Å². The van der Waals surface area contributed by atoms with Crippen molar-refractivity contribution in [1.29, 1.82) is 0 Å². The Labute approximate surface area is 112 Å². The Balaban J connectivity index is 2.01. The summed E-state index contributed by atoms with van der Waals surface area (Å²) >= 11 is 0. The zero-order chi connectivity index (χ0) is 13.8. The first-order chi connectivity index (χ1) is 9.08. The molecule has 1 aromatic carbocycles. The third-order valence-corrected chi connectivity index (χ3v) is 3.54. The van der Waals surface area contributed by atoms with Crippen molar-refractivity contribution in [1.82, 2.24) is 10.6 Å². The Morgan fingerprint density at radius 2 is 1.89 bits per heavy atom. The molecule has 0 aromatic heterocycles. The number of benzene rings is 1. The predicted molar refractivity (Wildman–Crippen MR) is 71.3 cm³/mol. The molecule has 0 radical (unpaired) electrons. The molecule has 0 saturated carbocycles. The van der Waals surface area contributed by atoms with Crippen LogP contribution < -0.4 is 10.6 Å². The van der Waals surface area contributed by atoms with E-state index in [9.17, 15) is 9.59 Å². The summed E-state index contributed by atoms with van der Waals surface area (Å²) in [6.45, 7) is 3.89. The van der Waals surface area contributed by atoms with Gasteiger partial charge >= 0.3 is 5.97 Å². The SMILES string of the molecule is CC1CCNCC1NC(=O)c1ccc(C(=O)O)cc1. The minimum atomic E-state index is -0.989. The number of piperidine rings is 1. The quantitative estimate of drug-likeness (QED) is 0.762. The number of carboxylic acid groups (broad SMARTS) is 1. The van der Waals surface area contributed by atoms with Crippen molar-refractivity contribution in [3.63, 3.8) is 0 Å². The van der Waals surface area contributed by atoms with Gasteiger partial charge in [0.15, 0.2) is 0 Å². The smallest absolute Gasteiger partial charge is 0.335 e. The molecular formula is C14H18N2O3. The van der Waals surface area contributed by atoms with Crippen LogP contribution in [-0.2, 0) is 0 Å². The predicted octanol–water partition coefficient (Wildman–Crippen LogP) is 1.11. The first-order valence-electron chi connectivity index (χ1n) is 6.43. The second-order valence-electron chi connectivity index (χ2n) is 4.93. The number of hydrogen-bond acceptors (Lipinski definition) is 3. The van der Waals surface area contributed by atoms with Crippen LogP contribution in [0.1, 0.15) is 34.1 Å². The highest BCUT2D eigenvalue weighted by Gasteiger charge is 2.22. The van der Waals surface area contributed by atoms with Crippen LogP contribution in [0, 0.1) is 5.92 Å². The molecule has 0 aliphatic carbocycles. The van der Waals surface area contributed by atoms with Gasteiger partial charge < -0.3 is 15.7 Å². The molecule has 1 fully saturated rings. The minimum absolute atomic E-state index is 0.125. The molecule has 2 atom stereocenters. The number of aromatic carboxylic acids is 1. The molecule has 1 saturated heterocycles. The number of carboxylic acids is 1. The van der Waals surface area contributed by atoms with Crippen LogP contribution in [0.4, 0.5) is 0 Å². The largest absolute Gasteiger partial charge is 0.478 e. The Morgan fingerprint density at radius 3 is 2.47 bits per heavy atom. The number of carbonyl (C=O) groups excluding carboxylic acids is 1. The molecule has 3 N–H and O–H groups in total. The zero-order valence-electron chi connectivity index (χ0n) is 10.8. The average molecular weight is 262 g/mol. The normalized spacial score (nSPS) is 22.8. The van der Waals surface area contributed by atoms with Gasteiger partial charge in [-0.25, -0.2) is 4.79 Å². The Hall–Kier alpha value is -1.88. The fraction of sp³-hybridized carbons (Fsp3) is 0.429. The summed E-state index contributed by atoms with van der Waals surface area (Å²) in [7, 11) is 0. The van der Waals surface area contributed by atoms with Gasteiger partial charge in [-0.15, -0.1) is 0 Å². The van der Waals surface area contributed by atoms with Crippen LogP contribution in [0.2, 0.25) is 0 Å². The van der Waals surface area contributed by atoms with E-state index in [0.29, 0.717) is 11.5 Å². The van der Waals surface area contributed by atoms with E-state index in [4.69, 9.17) is 5.11 Å². The van der Waals surface area contributed by atoms with Crippen molar-refractivity contribution in [3.05, 3.63) is 35.4 Å². The molecule has 0 bridgehead atoms. The van der Waals surface area contributed by atoms with E-state index >= 15 is 0 Å². The Bertz CT molecular complexity index is 470. The lowest BCUT2D eigenvalue weighted by atomic mass is 9.94. The van der Waals surface area contributed by atoms with Gasteiger partial charge in [0.05, 0.1) is 5.56 Å². The van der Waals surface area contributed by atoms with Gasteiger partial charge in [0.1, 0.15) is 0 Å². The zero-order valence-corrected chi connectivity index (χ0v) is 10.8. The van der Waals surface area contributed by atoms with Crippen LogP contribution >= 0.6 is 0 Å². The van der Waals surface area contributed by atoms with Crippen LogP contribution in [0.15, 0.2) is 24.3 Å². The summed E-state index contributed by atoms with van der Waals surface area (Å²) in [5.74, 6) is -0.696. The van der Waals surface area contributed by atoms with Crippen molar-refractivity contribution in [3.8, 4) is 0 Å². The van der Waals surface area contributed by atoms with E-state index in [2.05, 4.69) is 17.6 Å². The van der Waals surface area contributed by atoms with Crippen molar-refractivity contribution in [2.24, 2.45) is 5.92 Å². The van der Waals surface area contributed by atoms with Crippen LogP contribution in [0.25, 0.3) is 0 Å². The Morgan fingerprint density at radius 1 is 1.26 bits per heavy atom. The van der Waals surface area contributed by atoms with Crippen molar-refractivity contribution < 1.29 is 14.7 Å². The fourth-order valence-corrected chi connectivity index (χ4v) is 2.20. The maximum Gasteiger partial charge on any atom is 0.335 e. The first-order valence-corrected chi connectivity index (χ1v) is 6.43. The number of amides is 1. The van der Waals surface area contributed by atoms with E-state index in [1.54, 1.807) is 12.1 Å². The maximum absolute atomic E-state index is 12.1. The van der Waals surface area contributed by atoms with Crippen LogP contribution in [-0.4, -0.2) is 36.1 Å². The first kappa shape index (κ1) is 13.5. The lowest BCUT2D eigenvalue weighted by Crippen LogP contribution is -2.50. The second kappa shape index (κ2) is 5.84. The van der Waals surface area contributed by atoms with E-state index < -0.39 is 5.97 Å². The molecule has 2 rings (SSSR count). The van der Waals surface area contributed by atoms with E-state index in [1.165, 1.54) is 12.1 Å². The minimum Gasteiger partial charge on any atom is -0.478 e. The van der Waals surface area contributed by atoms with E-state index in [1.807, 2.05) is 0 Å². The van der Waals surface area contributed by atoms with Gasteiger partial charge in [0, 0.05) is 18.2 Å². The van der Waals surface area contributed by atoms with Gasteiger partial charge in [0.2, 0.25) is 0 Å². The number of carbonyl (C=O) groups is 2. The molecule has 0 spiro atoms. The lowest BCUT2D eigenvalue weighted by molar-refractivity contribution is 0.0696. The third kappa shape index (κ3) is 3.32. The molecule has 5 nitrogen and oxygen atoms in total. The summed E-state index contributed by atoms with van der Waals surface area (Å²) in [5.41, 5.74) is 0.673. The Kier molecular flexibility index (Phi) is 4.16. The molecular weight excluding hydrogens is 244 g/mol. The monoisotopic (exact) mass is 262 g/mol. The molecule has 102 valence electrons. The molecule has 1 aliphatic rings. The van der Waals surface area contributed by atoms with Crippen LogP contribution in [0.3, 0.4) is 0 Å². The molecule has 1 heterocycles. The van der Waals surface area contributed by atoms with Gasteiger partial charge in [0.25, 0.3) is 5.91 Å². The van der Waals surface area contributed by atoms with Crippen molar-refractivity contribution in [2.75, 3.05) is 13.1 Å². The summed E-state index contributed by atoms with van der Waals surface area (Å²) in [4.78, 5) is 22.8. The summed E-state index contributed by atoms with van der Waals surface area (Å²) in [6.07, 6.45) is 1.04. The molecule has 19 heavy (non-hydrogen) atoms. The van der Waals surface area contributed by atoms with Gasteiger partial charge in [-0.3, -0.25) is 4.79 Å². The summed E-state index contributed by atoms with van der Waals surface area (Å²) in [5, 5.41) is 15.0. The third-order valence-electron chi connectivity index (χ3n) is 3.54. The fourth-order valence-electron chi connectivity index (χ4n) is 2.20. The average Bonchev–Trinajstić information content (AvgIpc) is 2.41. The second-order valence-corrected chi connectivity index (χ2v) is 4.93. The highest BCUT2D eigenvalue weighted by Crippen LogP contribution is 2.12. The van der Waals surface area contributed by atoms with Gasteiger partial charge in [-0.2, -0.15) is 0 Å². The van der Waals surface area contributed by atoms with Crippen molar-refractivity contribution in [2.45, 2.75) is 19.4 Å². The lowest BCUT2D eigenvalue weighted by Gasteiger charge is -2.30. The number of hydrogen-bond donors (Lipinski definition) is 3. The molecule has 5 heteroatoms. The van der Waals surface area contributed by atoms with E-state index in [0.717, 1.165) is 19.5 Å². The van der Waals surface area contributed by atoms with Crippen LogP contribution in [0.5, 0.6) is 0 Å². The molecule has 2 unspecified atom stereocenters. The summed E-state index contributed by atoms with van der Waals surface area (Å²) in [6, 6.07) is 6.10. The van der Waals surface area contributed by atoms with Crippen molar-refractivity contribution >= 4 is 11.9 Å². The molecule has 1 aliphatic heterocycles. The highest BCUT2D eigenvalue weighted by atomic mass is 16.4.